The quantitative estimate of drug-likeness (QED) is 0.306. The Morgan fingerprint density at radius 2 is 1.93 bits per heavy atom. The lowest BCUT2D eigenvalue weighted by atomic mass is 10.1. The van der Waals surface area contributed by atoms with Crippen LogP contribution in [-0.4, -0.2) is 43.6 Å². The van der Waals surface area contributed by atoms with Crippen molar-refractivity contribution in [2.75, 3.05) is 14.1 Å². The lowest BCUT2D eigenvalue weighted by Crippen LogP contribution is -2.51. The van der Waals surface area contributed by atoms with Gasteiger partial charge in [0, 0.05) is 14.1 Å². The van der Waals surface area contributed by atoms with Crippen LogP contribution in [0.25, 0.3) is 0 Å². The van der Waals surface area contributed by atoms with Gasteiger partial charge in [-0.25, -0.2) is 0 Å². The number of aliphatic imine (C=N–C) groups is 1. The highest BCUT2D eigenvalue weighted by molar-refractivity contribution is 7.80. The lowest BCUT2D eigenvalue weighted by Gasteiger charge is -2.33. The van der Waals surface area contributed by atoms with Crippen LogP contribution in [0, 0.1) is 0 Å². The van der Waals surface area contributed by atoms with Crippen molar-refractivity contribution in [2.24, 2.45) is 4.99 Å². The van der Waals surface area contributed by atoms with E-state index in [1.165, 1.54) is 7.05 Å². The molecular weight excluding hydrogens is 222 g/mol. The van der Waals surface area contributed by atoms with Crippen LogP contribution < -0.4 is 5.32 Å². The molecule has 0 aromatic rings. The highest BCUT2D eigenvalue weighted by atomic mass is 32.3. The van der Waals surface area contributed by atoms with E-state index in [4.69, 9.17) is 4.55 Å². The van der Waals surface area contributed by atoms with Crippen LogP contribution in [0.4, 0.5) is 0 Å². The first-order chi connectivity index (χ1) is 6.61. The van der Waals surface area contributed by atoms with Gasteiger partial charge >= 0.3 is 10.4 Å². The van der Waals surface area contributed by atoms with Crippen molar-refractivity contribution in [3.05, 3.63) is 0 Å². The van der Waals surface area contributed by atoms with E-state index in [1.54, 1.807) is 27.8 Å². The molecule has 0 aliphatic heterocycles. The zero-order valence-corrected chi connectivity index (χ0v) is 10.3. The van der Waals surface area contributed by atoms with Gasteiger partial charge in [0.2, 0.25) is 5.96 Å². The fraction of sp³-hybridized carbons (Fsp3) is 0.857. The number of hydrogen-bond acceptors (Lipinski definition) is 4. The summed E-state index contributed by atoms with van der Waals surface area (Å²) >= 11 is 0. The highest BCUT2D eigenvalue weighted by Gasteiger charge is 2.29. The van der Waals surface area contributed by atoms with Crippen molar-refractivity contribution < 1.29 is 17.3 Å². The molecule has 0 atom stereocenters. The Morgan fingerprint density at radius 3 is 2.13 bits per heavy atom. The summed E-state index contributed by atoms with van der Waals surface area (Å²) in [6.07, 6.45) is 0. The van der Waals surface area contributed by atoms with E-state index in [1.807, 2.05) is 0 Å². The monoisotopic (exact) mass is 239 g/mol. The third-order valence-corrected chi connectivity index (χ3v) is 1.74. The van der Waals surface area contributed by atoms with Gasteiger partial charge in [-0.1, -0.05) is 0 Å². The summed E-state index contributed by atoms with van der Waals surface area (Å²) in [5.74, 6) is 0.195. The molecule has 8 heteroatoms. The largest absolute Gasteiger partial charge is 0.418 e. The minimum Gasteiger partial charge on any atom is -0.358 e. The molecule has 0 amide bonds. The second kappa shape index (κ2) is 4.77. The van der Waals surface area contributed by atoms with Crippen LogP contribution in [0.2, 0.25) is 0 Å². The number of nitrogens with one attached hydrogen (secondary N) is 1. The molecule has 0 radical (unpaired) electrons. The summed E-state index contributed by atoms with van der Waals surface area (Å²) in [6.45, 7) is 5.13. The molecule has 0 aromatic carbocycles. The highest BCUT2D eigenvalue weighted by Crippen LogP contribution is 2.15. The summed E-state index contributed by atoms with van der Waals surface area (Å²) in [5.41, 5.74) is -0.673. The van der Waals surface area contributed by atoms with E-state index in [9.17, 15) is 8.42 Å². The summed E-state index contributed by atoms with van der Waals surface area (Å²) in [5, 5.41) is 3.63. The van der Waals surface area contributed by atoms with Gasteiger partial charge in [0.05, 0.1) is 5.54 Å². The van der Waals surface area contributed by atoms with Crippen molar-refractivity contribution in [2.45, 2.75) is 26.3 Å². The number of guanidine groups is 1. The molecule has 0 rings (SSSR count). The van der Waals surface area contributed by atoms with Gasteiger partial charge in [0.25, 0.3) is 0 Å². The number of nitrogens with zero attached hydrogens (tertiary/aromatic N) is 2. The van der Waals surface area contributed by atoms with Crippen LogP contribution in [-0.2, 0) is 14.7 Å². The van der Waals surface area contributed by atoms with Crippen LogP contribution in [0.5, 0.6) is 0 Å². The summed E-state index contributed by atoms with van der Waals surface area (Å²) in [6, 6.07) is 0. The van der Waals surface area contributed by atoms with Crippen molar-refractivity contribution >= 4 is 16.4 Å². The Kier molecular flexibility index (Phi) is 4.50. The Bertz CT molecular complexity index is 331. The van der Waals surface area contributed by atoms with Gasteiger partial charge < -0.3 is 5.32 Å². The van der Waals surface area contributed by atoms with Crippen LogP contribution in [0.15, 0.2) is 4.99 Å². The zero-order valence-electron chi connectivity index (χ0n) is 9.47. The second-order valence-corrected chi connectivity index (χ2v) is 4.77. The van der Waals surface area contributed by atoms with Gasteiger partial charge in [-0.3, -0.25) is 9.55 Å². The average molecular weight is 239 g/mol. The molecule has 0 saturated heterocycles. The molecule has 0 heterocycles. The summed E-state index contributed by atoms with van der Waals surface area (Å²) < 4.78 is 34.3. The molecule has 0 aliphatic rings. The van der Waals surface area contributed by atoms with Gasteiger partial charge in [0.15, 0.2) is 0 Å². The smallest absolute Gasteiger partial charge is 0.358 e. The molecule has 0 aromatic heterocycles. The van der Waals surface area contributed by atoms with E-state index in [0.717, 1.165) is 5.06 Å². The molecule has 15 heavy (non-hydrogen) atoms. The molecular formula is C7H17N3O4S. The third-order valence-electron chi connectivity index (χ3n) is 1.41. The van der Waals surface area contributed by atoms with Crippen molar-refractivity contribution in [3.63, 3.8) is 0 Å². The standard InChI is InChI=1S/C7H17N3O4S/c1-7(2,3)10(6(8-4)9-5)14-15(11,12)13/h1-5H3,(H,8,9)(H,11,12,13). The van der Waals surface area contributed by atoms with Gasteiger partial charge in [-0.2, -0.15) is 13.5 Å². The van der Waals surface area contributed by atoms with E-state index < -0.39 is 15.9 Å². The van der Waals surface area contributed by atoms with Gasteiger partial charge in [-0.15, -0.1) is 4.28 Å². The molecule has 0 saturated carbocycles. The first-order valence-corrected chi connectivity index (χ1v) is 5.60. The molecule has 0 aliphatic carbocycles. The number of hydroxylamine groups is 2. The Morgan fingerprint density at radius 1 is 1.47 bits per heavy atom. The fourth-order valence-electron chi connectivity index (χ4n) is 0.863. The molecule has 0 unspecified atom stereocenters. The minimum atomic E-state index is -4.57. The topological polar surface area (TPSA) is 91.2 Å². The molecule has 7 nitrogen and oxygen atoms in total. The summed E-state index contributed by atoms with van der Waals surface area (Å²) in [7, 11) is -1.53. The molecule has 2 N–H and O–H groups in total. The zero-order chi connectivity index (χ0) is 12.3. The maximum absolute atomic E-state index is 10.6. The molecule has 0 fully saturated rings. The van der Waals surface area contributed by atoms with Crippen molar-refractivity contribution in [3.8, 4) is 0 Å². The van der Waals surface area contributed by atoms with E-state index in [2.05, 4.69) is 14.6 Å². The average Bonchev–Trinajstić information content (AvgIpc) is 2.01. The minimum absolute atomic E-state index is 0.195. The Labute approximate surface area is 90.0 Å². The third kappa shape index (κ3) is 4.96. The van der Waals surface area contributed by atoms with Gasteiger partial charge in [0.1, 0.15) is 0 Å². The van der Waals surface area contributed by atoms with Crippen LogP contribution in [0.3, 0.4) is 0 Å². The number of hydrogen-bond donors (Lipinski definition) is 2. The van der Waals surface area contributed by atoms with E-state index in [0.29, 0.717) is 0 Å². The maximum atomic E-state index is 10.6. The molecule has 90 valence electrons. The Balaban J connectivity index is 5.09. The first kappa shape index (κ1) is 14.1. The lowest BCUT2D eigenvalue weighted by molar-refractivity contribution is -0.0606. The van der Waals surface area contributed by atoms with E-state index >= 15 is 0 Å². The SMILES string of the molecule is CN=C(NC)N(OS(=O)(=O)O)C(C)(C)C. The van der Waals surface area contributed by atoms with Gasteiger partial charge in [-0.05, 0) is 20.8 Å². The van der Waals surface area contributed by atoms with E-state index in [-0.39, 0.29) is 5.96 Å². The first-order valence-electron chi connectivity index (χ1n) is 4.23. The maximum Gasteiger partial charge on any atom is 0.418 e. The molecule has 0 spiro atoms. The van der Waals surface area contributed by atoms with Crippen molar-refractivity contribution in [1.82, 2.24) is 10.4 Å². The normalized spacial score (nSPS) is 13.9. The predicted octanol–water partition coefficient (Wildman–Crippen LogP) is 0.0265. The van der Waals surface area contributed by atoms with Crippen LogP contribution in [0.1, 0.15) is 20.8 Å². The number of rotatable bonds is 2. The Hall–Kier alpha value is -0.860. The fourth-order valence-corrected chi connectivity index (χ4v) is 1.35. The van der Waals surface area contributed by atoms with Crippen molar-refractivity contribution in [1.29, 1.82) is 0 Å². The molecule has 0 bridgehead atoms. The van der Waals surface area contributed by atoms with Crippen LogP contribution >= 0.6 is 0 Å². The predicted molar refractivity (Wildman–Crippen MR) is 56.6 cm³/mol. The second-order valence-electron chi connectivity index (χ2n) is 3.76. The summed E-state index contributed by atoms with van der Waals surface area (Å²) in [4.78, 5) is 3.79.